The molecular formula is C7H20N4O. The molecule has 0 aromatic rings. The van der Waals surface area contributed by atoms with Crippen molar-refractivity contribution in [2.24, 2.45) is 0 Å². The van der Waals surface area contributed by atoms with E-state index in [9.17, 15) is 0 Å². The highest BCUT2D eigenvalue weighted by Crippen LogP contribution is 1.94. The number of rotatable bonds is 6. The first kappa shape index (κ1) is 11.8. The second-order valence-electron chi connectivity index (χ2n) is 2.54. The first-order valence-electron chi connectivity index (χ1n) is 4.17. The third-order valence-electron chi connectivity index (χ3n) is 1.82. The van der Waals surface area contributed by atoms with Gasteiger partial charge in [0, 0.05) is 27.7 Å². The van der Waals surface area contributed by atoms with Crippen LogP contribution in [0.1, 0.15) is 6.92 Å². The lowest BCUT2D eigenvalue weighted by Gasteiger charge is -2.36. The lowest BCUT2D eigenvalue weighted by Crippen LogP contribution is -2.55. The van der Waals surface area contributed by atoms with E-state index < -0.39 is 0 Å². The van der Waals surface area contributed by atoms with E-state index in [1.54, 1.807) is 0 Å². The molecule has 0 rings (SSSR count). The predicted molar refractivity (Wildman–Crippen MR) is 48.9 cm³/mol. The summed E-state index contributed by atoms with van der Waals surface area (Å²) in [4.78, 5) is 0. The van der Waals surface area contributed by atoms with Crippen molar-refractivity contribution in [2.45, 2.75) is 6.92 Å². The summed E-state index contributed by atoms with van der Waals surface area (Å²) >= 11 is 0. The van der Waals surface area contributed by atoms with E-state index in [0.717, 1.165) is 6.54 Å². The number of aliphatic hydroxyl groups is 1. The second-order valence-corrected chi connectivity index (χ2v) is 2.54. The molecule has 0 aromatic heterocycles. The summed E-state index contributed by atoms with van der Waals surface area (Å²) in [6.45, 7) is 3.72. The number of hydrogen-bond acceptors (Lipinski definition) is 5. The van der Waals surface area contributed by atoms with Crippen LogP contribution in [0.4, 0.5) is 0 Å². The van der Waals surface area contributed by atoms with Gasteiger partial charge in [0.1, 0.15) is 0 Å². The third-order valence-corrected chi connectivity index (χ3v) is 1.82. The maximum atomic E-state index is 8.80. The van der Waals surface area contributed by atoms with Gasteiger partial charge in [-0.15, -0.1) is 0 Å². The summed E-state index contributed by atoms with van der Waals surface area (Å²) in [5.41, 5.74) is 2.97. The molecule has 0 heterocycles. The molecule has 0 radical (unpaired) electrons. The Kier molecular flexibility index (Phi) is 6.23. The zero-order valence-electron chi connectivity index (χ0n) is 8.41. The molecule has 12 heavy (non-hydrogen) atoms. The fourth-order valence-corrected chi connectivity index (χ4v) is 0.918. The molecule has 74 valence electrons. The van der Waals surface area contributed by atoms with Gasteiger partial charge < -0.3 is 5.11 Å². The molecule has 0 spiro atoms. The van der Waals surface area contributed by atoms with Crippen LogP contribution in [0.25, 0.3) is 0 Å². The van der Waals surface area contributed by atoms with Gasteiger partial charge in [0.25, 0.3) is 0 Å². The normalized spacial score (nSPS) is 12.0. The van der Waals surface area contributed by atoms with Gasteiger partial charge >= 0.3 is 0 Å². The zero-order valence-corrected chi connectivity index (χ0v) is 8.41. The van der Waals surface area contributed by atoms with Gasteiger partial charge in [-0.3, -0.25) is 0 Å². The average molecular weight is 176 g/mol. The minimum atomic E-state index is 0.149. The van der Waals surface area contributed by atoms with Crippen LogP contribution in [-0.2, 0) is 0 Å². The minimum Gasteiger partial charge on any atom is -0.395 e. The van der Waals surface area contributed by atoms with Gasteiger partial charge in [-0.1, -0.05) is 6.92 Å². The van der Waals surface area contributed by atoms with Gasteiger partial charge in [-0.25, -0.2) is 10.4 Å². The number of aliphatic hydroxyl groups excluding tert-OH is 1. The second kappa shape index (κ2) is 6.33. The molecule has 2 N–H and O–H groups in total. The van der Waals surface area contributed by atoms with E-state index in [4.69, 9.17) is 5.11 Å². The summed E-state index contributed by atoms with van der Waals surface area (Å²) in [5.74, 6) is 0. The molecule has 0 aliphatic heterocycles. The van der Waals surface area contributed by atoms with E-state index in [-0.39, 0.29) is 6.61 Å². The van der Waals surface area contributed by atoms with Gasteiger partial charge in [0.15, 0.2) is 0 Å². The van der Waals surface area contributed by atoms with E-state index in [0.29, 0.717) is 6.54 Å². The Morgan fingerprint density at radius 3 is 2.25 bits per heavy atom. The van der Waals surface area contributed by atoms with Crippen LogP contribution in [0.3, 0.4) is 0 Å². The molecule has 0 saturated carbocycles. The van der Waals surface area contributed by atoms with Crippen molar-refractivity contribution in [3.63, 3.8) is 0 Å². The Hall–Kier alpha value is -0.200. The quantitative estimate of drug-likeness (QED) is 0.515. The Balaban J connectivity index is 4.01. The SMILES string of the molecule is CCN(C)N(CCO)N(C)NC. The summed E-state index contributed by atoms with van der Waals surface area (Å²) in [6.07, 6.45) is 0. The van der Waals surface area contributed by atoms with E-state index in [1.807, 2.05) is 36.4 Å². The number of hydrogen-bond donors (Lipinski definition) is 2. The largest absolute Gasteiger partial charge is 0.395 e. The highest BCUT2D eigenvalue weighted by Gasteiger charge is 2.12. The van der Waals surface area contributed by atoms with Gasteiger partial charge in [0.05, 0.1) is 13.2 Å². The van der Waals surface area contributed by atoms with Gasteiger partial charge in [0.2, 0.25) is 0 Å². The van der Waals surface area contributed by atoms with Crippen molar-refractivity contribution >= 4 is 0 Å². The number of nitrogens with zero attached hydrogens (tertiary/aromatic N) is 3. The molecular weight excluding hydrogens is 156 g/mol. The number of nitrogens with one attached hydrogen (secondary N) is 1. The van der Waals surface area contributed by atoms with Crippen LogP contribution >= 0.6 is 0 Å². The van der Waals surface area contributed by atoms with Crippen LogP contribution in [0.15, 0.2) is 0 Å². The van der Waals surface area contributed by atoms with Crippen molar-refractivity contribution in [3.8, 4) is 0 Å². The first-order valence-corrected chi connectivity index (χ1v) is 4.17. The van der Waals surface area contributed by atoms with Crippen LogP contribution < -0.4 is 5.43 Å². The highest BCUT2D eigenvalue weighted by molar-refractivity contribution is 4.45. The topological polar surface area (TPSA) is 42.0 Å². The first-order chi connectivity index (χ1) is 5.67. The number of hydrazine groups is 3. The van der Waals surface area contributed by atoms with Crippen LogP contribution in [0, 0.1) is 0 Å². The molecule has 0 bridgehead atoms. The highest BCUT2D eigenvalue weighted by atomic mass is 16.3. The van der Waals surface area contributed by atoms with Crippen LogP contribution in [0.5, 0.6) is 0 Å². The van der Waals surface area contributed by atoms with Gasteiger partial charge in [-0.05, 0) is 0 Å². The summed E-state index contributed by atoms with van der Waals surface area (Å²) < 4.78 is 0. The van der Waals surface area contributed by atoms with Gasteiger partial charge in [-0.2, -0.15) is 10.2 Å². The van der Waals surface area contributed by atoms with Crippen molar-refractivity contribution in [1.29, 1.82) is 0 Å². The van der Waals surface area contributed by atoms with Crippen LogP contribution in [0.2, 0.25) is 0 Å². The molecule has 0 amide bonds. The third kappa shape index (κ3) is 3.46. The van der Waals surface area contributed by atoms with Crippen molar-refractivity contribution in [1.82, 2.24) is 20.7 Å². The Morgan fingerprint density at radius 2 is 1.92 bits per heavy atom. The average Bonchev–Trinajstić information content (AvgIpc) is 2.11. The standard InChI is InChI=1S/C7H20N4O/c1-5-9(3)11(6-7-12)10(4)8-2/h8,12H,5-7H2,1-4H3. The predicted octanol–water partition coefficient (Wildman–Crippen LogP) is -0.871. The molecule has 5 nitrogen and oxygen atoms in total. The minimum absolute atomic E-state index is 0.149. The van der Waals surface area contributed by atoms with Crippen molar-refractivity contribution < 1.29 is 5.11 Å². The maximum Gasteiger partial charge on any atom is 0.0587 e. The molecule has 0 atom stereocenters. The van der Waals surface area contributed by atoms with Crippen LogP contribution in [-0.4, -0.2) is 61.2 Å². The molecule has 0 unspecified atom stereocenters. The van der Waals surface area contributed by atoms with E-state index in [2.05, 4.69) is 12.3 Å². The molecule has 0 saturated heterocycles. The Labute approximate surface area is 74.5 Å². The summed E-state index contributed by atoms with van der Waals surface area (Å²) in [6, 6.07) is 0. The zero-order chi connectivity index (χ0) is 9.56. The lowest BCUT2D eigenvalue weighted by atomic mass is 10.6. The molecule has 0 fully saturated rings. The van der Waals surface area contributed by atoms with Crippen molar-refractivity contribution in [2.75, 3.05) is 40.8 Å². The monoisotopic (exact) mass is 176 g/mol. The Bertz CT molecular complexity index is 102. The molecule has 0 aliphatic rings. The smallest absolute Gasteiger partial charge is 0.0587 e. The Morgan fingerprint density at radius 1 is 1.33 bits per heavy atom. The van der Waals surface area contributed by atoms with E-state index >= 15 is 0 Å². The summed E-state index contributed by atoms with van der Waals surface area (Å²) in [7, 11) is 5.72. The summed E-state index contributed by atoms with van der Waals surface area (Å²) in [5, 5.41) is 14.6. The molecule has 0 aromatic carbocycles. The lowest BCUT2D eigenvalue weighted by molar-refractivity contribution is -0.185. The fourth-order valence-electron chi connectivity index (χ4n) is 0.918. The van der Waals surface area contributed by atoms with E-state index in [1.165, 1.54) is 0 Å². The van der Waals surface area contributed by atoms with Crippen molar-refractivity contribution in [3.05, 3.63) is 0 Å². The maximum absolute atomic E-state index is 8.80. The molecule has 5 heteroatoms. The molecule has 0 aliphatic carbocycles. The fraction of sp³-hybridized carbons (Fsp3) is 1.00.